The van der Waals surface area contributed by atoms with Gasteiger partial charge in [0.1, 0.15) is 18.2 Å². The Labute approximate surface area is 181 Å². The van der Waals surface area contributed by atoms with Gasteiger partial charge in [-0.1, -0.05) is 18.2 Å². The van der Waals surface area contributed by atoms with Crippen LogP contribution in [0.2, 0.25) is 0 Å². The highest BCUT2D eigenvalue weighted by Gasteiger charge is 2.17. The molecule has 2 aromatic heterocycles. The van der Waals surface area contributed by atoms with Crippen molar-refractivity contribution in [3.63, 3.8) is 0 Å². The molecule has 32 heavy (non-hydrogen) atoms. The summed E-state index contributed by atoms with van der Waals surface area (Å²) in [4.78, 5) is 41.4. The molecule has 8 nitrogen and oxygen atoms in total. The topological polar surface area (TPSA) is 103 Å². The summed E-state index contributed by atoms with van der Waals surface area (Å²) in [7, 11) is 0. The number of aryl methyl sites for hydroxylation is 1. The van der Waals surface area contributed by atoms with Gasteiger partial charge in [0.05, 0.1) is 16.8 Å². The quantitative estimate of drug-likeness (QED) is 0.480. The van der Waals surface area contributed by atoms with Crippen LogP contribution in [0.5, 0.6) is 0 Å². The molecule has 4 rings (SSSR count). The Morgan fingerprint density at radius 2 is 1.84 bits per heavy atom. The Morgan fingerprint density at radius 1 is 1.09 bits per heavy atom. The van der Waals surface area contributed by atoms with Crippen molar-refractivity contribution in [3.8, 4) is 0 Å². The summed E-state index contributed by atoms with van der Waals surface area (Å²) in [5.41, 5.74) is 1.06. The van der Waals surface area contributed by atoms with Gasteiger partial charge in [-0.25, -0.2) is 14.2 Å². The number of aromatic nitrogens is 2. The van der Waals surface area contributed by atoms with Gasteiger partial charge in [-0.05, 0) is 43.7 Å². The number of amides is 1. The first-order valence-electron chi connectivity index (χ1n) is 9.65. The average molecular weight is 435 g/mol. The molecule has 4 aromatic rings. The van der Waals surface area contributed by atoms with Crippen LogP contribution in [0, 0.1) is 19.7 Å². The predicted octanol–water partition coefficient (Wildman–Crippen LogP) is 3.65. The largest absolute Gasteiger partial charge is 0.456 e. The Kier molecular flexibility index (Phi) is 5.55. The normalized spacial score (nSPS) is 10.8. The second-order valence-corrected chi connectivity index (χ2v) is 7.07. The van der Waals surface area contributed by atoms with Crippen molar-refractivity contribution < 1.29 is 23.2 Å². The lowest BCUT2D eigenvalue weighted by Gasteiger charge is -2.12. The monoisotopic (exact) mass is 435 g/mol. The second-order valence-electron chi connectivity index (χ2n) is 7.07. The molecule has 0 unspecified atom stereocenters. The van der Waals surface area contributed by atoms with Gasteiger partial charge in [0.25, 0.3) is 11.5 Å². The lowest BCUT2D eigenvalue weighted by atomic mass is 10.1. The molecular formula is C23H18FN3O5. The van der Waals surface area contributed by atoms with E-state index in [0.29, 0.717) is 22.7 Å². The molecule has 1 N–H and O–H groups in total. The molecule has 162 valence electrons. The SMILES string of the molecule is Cc1cc2nc(COC(=O)c3cccc(NC(=O)c4ccccc4F)c3C)cc(=O)n2o1. The molecule has 0 aliphatic carbocycles. The zero-order chi connectivity index (χ0) is 22.8. The molecule has 2 aromatic carbocycles. The lowest BCUT2D eigenvalue weighted by Crippen LogP contribution is -2.17. The van der Waals surface area contributed by atoms with E-state index in [1.165, 1.54) is 24.3 Å². The number of hydrogen-bond donors (Lipinski definition) is 1. The van der Waals surface area contributed by atoms with Gasteiger partial charge in [0.2, 0.25) is 0 Å². The van der Waals surface area contributed by atoms with E-state index in [-0.39, 0.29) is 23.4 Å². The maximum Gasteiger partial charge on any atom is 0.338 e. The zero-order valence-electron chi connectivity index (χ0n) is 17.2. The number of halogens is 1. The van der Waals surface area contributed by atoms with Crippen LogP contribution in [0.3, 0.4) is 0 Å². The highest BCUT2D eigenvalue weighted by molar-refractivity contribution is 6.05. The summed E-state index contributed by atoms with van der Waals surface area (Å²) < 4.78 is 25.5. The summed E-state index contributed by atoms with van der Waals surface area (Å²) >= 11 is 0. The first-order valence-corrected chi connectivity index (χ1v) is 9.65. The maximum absolute atomic E-state index is 13.9. The average Bonchev–Trinajstić information content (AvgIpc) is 3.14. The minimum Gasteiger partial charge on any atom is -0.456 e. The number of ether oxygens (including phenoxy) is 1. The molecule has 2 heterocycles. The van der Waals surface area contributed by atoms with Crippen molar-refractivity contribution in [2.45, 2.75) is 20.5 Å². The van der Waals surface area contributed by atoms with Gasteiger partial charge >= 0.3 is 5.97 Å². The first-order chi connectivity index (χ1) is 15.3. The number of carbonyl (C=O) groups is 2. The summed E-state index contributed by atoms with van der Waals surface area (Å²) in [6.07, 6.45) is 0. The Bertz CT molecular complexity index is 1410. The third-order valence-corrected chi connectivity index (χ3v) is 4.80. The van der Waals surface area contributed by atoms with Gasteiger partial charge in [-0.3, -0.25) is 9.59 Å². The number of rotatable bonds is 5. The zero-order valence-corrected chi connectivity index (χ0v) is 17.2. The molecule has 0 saturated heterocycles. The van der Waals surface area contributed by atoms with E-state index in [1.807, 2.05) is 0 Å². The number of fused-ring (bicyclic) bond motifs is 1. The number of nitrogens with one attached hydrogen (secondary N) is 1. The predicted molar refractivity (Wildman–Crippen MR) is 113 cm³/mol. The number of anilines is 1. The highest BCUT2D eigenvalue weighted by Crippen LogP contribution is 2.21. The van der Waals surface area contributed by atoms with E-state index in [2.05, 4.69) is 10.3 Å². The fourth-order valence-electron chi connectivity index (χ4n) is 3.19. The molecule has 0 spiro atoms. The first kappa shape index (κ1) is 21.0. The molecule has 0 atom stereocenters. The lowest BCUT2D eigenvalue weighted by molar-refractivity contribution is 0.0466. The van der Waals surface area contributed by atoms with Crippen LogP contribution >= 0.6 is 0 Å². The Hall–Kier alpha value is -4.27. The van der Waals surface area contributed by atoms with Crippen molar-refractivity contribution in [2.75, 3.05) is 5.32 Å². The molecule has 0 fully saturated rings. The number of nitrogens with zero attached hydrogens (tertiary/aromatic N) is 2. The van der Waals surface area contributed by atoms with E-state index in [1.54, 1.807) is 44.2 Å². The van der Waals surface area contributed by atoms with Crippen LogP contribution in [0.4, 0.5) is 10.1 Å². The Morgan fingerprint density at radius 3 is 2.62 bits per heavy atom. The van der Waals surface area contributed by atoms with E-state index < -0.39 is 23.3 Å². The summed E-state index contributed by atoms with van der Waals surface area (Å²) in [6, 6.07) is 13.1. The molecule has 0 radical (unpaired) electrons. The van der Waals surface area contributed by atoms with Gasteiger partial charge in [0.15, 0.2) is 5.65 Å². The number of hydrogen-bond acceptors (Lipinski definition) is 6. The van der Waals surface area contributed by atoms with E-state index in [0.717, 1.165) is 4.57 Å². The summed E-state index contributed by atoms with van der Waals surface area (Å²) in [6.45, 7) is 3.10. The van der Waals surface area contributed by atoms with Crippen LogP contribution in [0.1, 0.15) is 37.7 Å². The number of esters is 1. The van der Waals surface area contributed by atoms with Crippen LogP contribution in [0.25, 0.3) is 5.65 Å². The molecule has 0 aliphatic rings. The van der Waals surface area contributed by atoms with Gasteiger partial charge < -0.3 is 14.6 Å². The van der Waals surface area contributed by atoms with Crippen LogP contribution in [0.15, 0.2) is 63.9 Å². The third kappa shape index (κ3) is 4.13. The van der Waals surface area contributed by atoms with E-state index >= 15 is 0 Å². The minimum atomic E-state index is -0.658. The second kappa shape index (κ2) is 8.46. The fourth-order valence-corrected chi connectivity index (χ4v) is 3.19. The minimum absolute atomic E-state index is 0.109. The number of benzene rings is 2. The Balaban J connectivity index is 1.50. The van der Waals surface area contributed by atoms with Crippen molar-refractivity contribution >= 4 is 23.2 Å². The van der Waals surface area contributed by atoms with E-state index in [4.69, 9.17) is 9.26 Å². The highest BCUT2D eigenvalue weighted by atomic mass is 19.1. The summed E-state index contributed by atoms with van der Waals surface area (Å²) in [5, 5.41) is 2.61. The van der Waals surface area contributed by atoms with Gasteiger partial charge in [-0.2, -0.15) is 0 Å². The number of carbonyl (C=O) groups excluding carboxylic acids is 2. The molecule has 0 saturated carbocycles. The van der Waals surface area contributed by atoms with Crippen molar-refractivity contribution in [1.29, 1.82) is 0 Å². The van der Waals surface area contributed by atoms with Crippen LogP contribution in [-0.4, -0.2) is 21.4 Å². The van der Waals surface area contributed by atoms with Crippen molar-refractivity contribution in [2.24, 2.45) is 0 Å². The van der Waals surface area contributed by atoms with Crippen molar-refractivity contribution in [3.05, 3.63) is 98.9 Å². The van der Waals surface area contributed by atoms with Crippen LogP contribution < -0.4 is 10.9 Å². The molecule has 9 heteroatoms. The van der Waals surface area contributed by atoms with Gasteiger partial charge in [-0.15, -0.1) is 4.57 Å². The fraction of sp³-hybridized carbons (Fsp3) is 0.130. The standard InChI is InChI=1S/C23H18FN3O5/c1-13-10-20-25-15(11-21(28)27(20)32-13)12-31-23(30)16-7-5-9-19(14(16)2)26-22(29)17-6-3-4-8-18(17)24/h3-11H,12H2,1-2H3,(H,26,29). The maximum atomic E-state index is 13.9. The van der Waals surface area contributed by atoms with Gasteiger partial charge in [0, 0.05) is 17.8 Å². The molecule has 1 amide bonds. The smallest absolute Gasteiger partial charge is 0.338 e. The van der Waals surface area contributed by atoms with Crippen LogP contribution in [-0.2, 0) is 11.3 Å². The third-order valence-electron chi connectivity index (χ3n) is 4.80. The summed E-state index contributed by atoms with van der Waals surface area (Å²) in [5.74, 6) is -1.42. The van der Waals surface area contributed by atoms with E-state index in [9.17, 15) is 18.8 Å². The molecule has 0 aliphatic heterocycles. The molecule has 0 bridgehead atoms. The van der Waals surface area contributed by atoms with Crippen molar-refractivity contribution in [1.82, 2.24) is 9.56 Å². The molecular weight excluding hydrogens is 417 g/mol.